The Kier molecular flexibility index (Phi) is 10.6. The first-order valence-electron chi connectivity index (χ1n) is 4.37. The van der Waals surface area contributed by atoms with Crippen LogP contribution >= 0.6 is 11.8 Å². The molecule has 0 radical (unpaired) electrons. The molecular weight excluding hydrogens is 184 g/mol. The number of aliphatic imine (C=N–C) groups is 1. The van der Waals surface area contributed by atoms with Crippen molar-refractivity contribution >= 4 is 23.7 Å². The van der Waals surface area contributed by atoms with E-state index in [2.05, 4.69) is 17.2 Å². The minimum Gasteiger partial charge on any atom is -0.359 e. The fourth-order valence-electron chi connectivity index (χ4n) is 0.614. The van der Waals surface area contributed by atoms with E-state index in [4.69, 9.17) is 0 Å². The number of hydrogen-bond donors (Lipinski definition) is 1. The maximum absolute atomic E-state index is 9.86. The zero-order valence-electron chi connectivity index (χ0n) is 7.90. The van der Waals surface area contributed by atoms with E-state index in [1.54, 1.807) is 18.0 Å². The Labute approximate surface area is 83.7 Å². The number of hydrogen-bond acceptors (Lipinski definition) is 3. The van der Waals surface area contributed by atoms with Crippen LogP contribution in [0.5, 0.6) is 0 Å². The summed E-state index contributed by atoms with van der Waals surface area (Å²) in [4.78, 5) is 13.9. The molecule has 1 N–H and O–H groups in total. The molecule has 74 valence electrons. The molecule has 0 fully saturated rings. The van der Waals surface area contributed by atoms with Gasteiger partial charge in [0.2, 0.25) is 6.41 Å². The summed E-state index contributed by atoms with van der Waals surface area (Å²) < 4.78 is 0. The Balaban J connectivity index is 3.10. The SMILES string of the molecule is CCC=CN=CSCCCNC=O. The molecule has 3 nitrogen and oxygen atoms in total. The Bertz CT molecular complexity index is 169. The van der Waals surface area contributed by atoms with Crippen molar-refractivity contribution in [2.24, 2.45) is 4.99 Å². The molecule has 0 atom stereocenters. The predicted octanol–water partition coefficient (Wildman–Crippen LogP) is 1.81. The van der Waals surface area contributed by atoms with Gasteiger partial charge in [-0.1, -0.05) is 13.0 Å². The van der Waals surface area contributed by atoms with Gasteiger partial charge in [-0.15, -0.1) is 11.8 Å². The first kappa shape index (κ1) is 12.2. The van der Waals surface area contributed by atoms with Gasteiger partial charge in [-0.05, 0) is 12.8 Å². The van der Waals surface area contributed by atoms with Gasteiger partial charge >= 0.3 is 0 Å². The molecule has 0 bridgehead atoms. The highest BCUT2D eigenvalue weighted by molar-refractivity contribution is 8.12. The smallest absolute Gasteiger partial charge is 0.207 e. The van der Waals surface area contributed by atoms with Crippen LogP contribution in [-0.4, -0.2) is 24.3 Å². The first-order valence-corrected chi connectivity index (χ1v) is 5.42. The van der Waals surface area contributed by atoms with E-state index in [9.17, 15) is 4.79 Å². The van der Waals surface area contributed by atoms with Crippen LogP contribution in [0.2, 0.25) is 0 Å². The molecule has 0 aliphatic carbocycles. The van der Waals surface area contributed by atoms with Gasteiger partial charge in [0.05, 0.1) is 5.55 Å². The van der Waals surface area contributed by atoms with Gasteiger partial charge in [0, 0.05) is 18.5 Å². The lowest BCUT2D eigenvalue weighted by Crippen LogP contribution is -2.12. The lowest BCUT2D eigenvalue weighted by molar-refractivity contribution is -0.109. The van der Waals surface area contributed by atoms with Crippen LogP contribution in [0.4, 0.5) is 0 Å². The fraction of sp³-hybridized carbons (Fsp3) is 0.556. The van der Waals surface area contributed by atoms with E-state index in [1.165, 1.54) is 0 Å². The van der Waals surface area contributed by atoms with Gasteiger partial charge in [0.25, 0.3) is 0 Å². The maximum Gasteiger partial charge on any atom is 0.207 e. The minimum absolute atomic E-state index is 0.725. The van der Waals surface area contributed by atoms with Crippen molar-refractivity contribution in [3.05, 3.63) is 12.3 Å². The zero-order chi connectivity index (χ0) is 9.78. The van der Waals surface area contributed by atoms with Crippen molar-refractivity contribution in [3.8, 4) is 0 Å². The van der Waals surface area contributed by atoms with Crippen LogP contribution in [0.15, 0.2) is 17.3 Å². The van der Waals surface area contributed by atoms with E-state index in [1.807, 2.05) is 11.6 Å². The van der Waals surface area contributed by atoms with E-state index >= 15 is 0 Å². The normalized spacial score (nSPS) is 11.2. The highest BCUT2D eigenvalue weighted by atomic mass is 32.2. The summed E-state index contributed by atoms with van der Waals surface area (Å²) in [6.45, 7) is 2.82. The van der Waals surface area contributed by atoms with E-state index < -0.39 is 0 Å². The lowest BCUT2D eigenvalue weighted by atomic mass is 10.5. The second-order valence-electron chi connectivity index (χ2n) is 2.34. The van der Waals surface area contributed by atoms with Crippen LogP contribution in [0.25, 0.3) is 0 Å². The summed E-state index contributed by atoms with van der Waals surface area (Å²) in [5.41, 5.74) is 1.83. The van der Waals surface area contributed by atoms with Crippen molar-refractivity contribution in [1.29, 1.82) is 0 Å². The van der Waals surface area contributed by atoms with Crippen molar-refractivity contribution in [1.82, 2.24) is 5.32 Å². The third-order valence-electron chi connectivity index (χ3n) is 1.23. The van der Waals surface area contributed by atoms with Crippen molar-refractivity contribution in [2.75, 3.05) is 12.3 Å². The number of carbonyl (C=O) groups excluding carboxylic acids is 1. The number of thioether (sulfide) groups is 1. The molecule has 0 aliphatic heterocycles. The number of nitrogens with zero attached hydrogens (tertiary/aromatic N) is 1. The van der Waals surface area contributed by atoms with Gasteiger partial charge in [-0.3, -0.25) is 9.79 Å². The molecule has 0 aliphatic rings. The molecule has 0 rings (SSSR count). The predicted molar refractivity (Wildman–Crippen MR) is 59.1 cm³/mol. The summed E-state index contributed by atoms with van der Waals surface area (Å²) >= 11 is 1.66. The quantitative estimate of drug-likeness (QED) is 0.281. The van der Waals surface area contributed by atoms with Gasteiger partial charge in [0.1, 0.15) is 0 Å². The molecule has 4 heteroatoms. The van der Waals surface area contributed by atoms with Crippen LogP contribution in [-0.2, 0) is 4.79 Å². The Morgan fingerprint density at radius 1 is 1.54 bits per heavy atom. The Morgan fingerprint density at radius 2 is 2.38 bits per heavy atom. The summed E-state index contributed by atoms with van der Waals surface area (Å²) in [6.07, 6.45) is 6.53. The topological polar surface area (TPSA) is 41.5 Å². The zero-order valence-corrected chi connectivity index (χ0v) is 8.72. The number of amides is 1. The first-order chi connectivity index (χ1) is 6.41. The van der Waals surface area contributed by atoms with Gasteiger partial charge in [-0.2, -0.15) is 0 Å². The average molecular weight is 200 g/mol. The Morgan fingerprint density at radius 3 is 3.08 bits per heavy atom. The number of carbonyl (C=O) groups is 1. The standard InChI is InChI=1S/C9H16N2OS/c1-2-3-5-11-9-13-7-4-6-10-8-12/h3,5,8-9H,2,4,6-7H2,1H3,(H,10,12). The molecule has 0 unspecified atom stereocenters. The molecule has 0 heterocycles. The molecule has 0 saturated heterocycles. The van der Waals surface area contributed by atoms with Crippen molar-refractivity contribution < 1.29 is 4.79 Å². The van der Waals surface area contributed by atoms with Gasteiger partial charge in [-0.25, -0.2) is 0 Å². The monoisotopic (exact) mass is 200 g/mol. The second kappa shape index (κ2) is 11.2. The third kappa shape index (κ3) is 11.2. The van der Waals surface area contributed by atoms with Gasteiger partial charge < -0.3 is 5.32 Å². The van der Waals surface area contributed by atoms with E-state index in [-0.39, 0.29) is 0 Å². The fourth-order valence-corrected chi connectivity index (χ4v) is 1.19. The summed E-state index contributed by atoms with van der Waals surface area (Å²) in [5.74, 6) is 0.990. The number of rotatable bonds is 8. The van der Waals surface area contributed by atoms with Gasteiger partial charge in [0.15, 0.2) is 0 Å². The van der Waals surface area contributed by atoms with Crippen LogP contribution in [0.3, 0.4) is 0 Å². The highest BCUT2D eigenvalue weighted by Crippen LogP contribution is 1.97. The van der Waals surface area contributed by atoms with Crippen LogP contribution in [0, 0.1) is 0 Å². The van der Waals surface area contributed by atoms with E-state index in [0.29, 0.717) is 0 Å². The number of allylic oxidation sites excluding steroid dienone is 1. The highest BCUT2D eigenvalue weighted by Gasteiger charge is 1.84. The Hall–Kier alpha value is -0.770. The minimum atomic E-state index is 0.725. The maximum atomic E-state index is 9.86. The molecule has 13 heavy (non-hydrogen) atoms. The van der Waals surface area contributed by atoms with Crippen molar-refractivity contribution in [3.63, 3.8) is 0 Å². The van der Waals surface area contributed by atoms with Crippen molar-refractivity contribution in [2.45, 2.75) is 19.8 Å². The molecular formula is C9H16N2OS. The van der Waals surface area contributed by atoms with Crippen LogP contribution in [0.1, 0.15) is 19.8 Å². The summed E-state index contributed by atoms with van der Waals surface area (Å²) in [7, 11) is 0. The van der Waals surface area contributed by atoms with E-state index in [0.717, 1.165) is 31.5 Å². The average Bonchev–Trinajstić information content (AvgIpc) is 2.16. The molecule has 0 saturated carbocycles. The molecule has 0 aromatic carbocycles. The summed E-state index contributed by atoms with van der Waals surface area (Å²) in [6, 6.07) is 0. The molecule has 0 spiro atoms. The second-order valence-corrected chi connectivity index (χ2v) is 3.30. The van der Waals surface area contributed by atoms with Crippen LogP contribution < -0.4 is 5.32 Å². The third-order valence-corrected chi connectivity index (χ3v) is 2.02. The summed E-state index contributed by atoms with van der Waals surface area (Å²) in [5, 5.41) is 2.61. The molecule has 1 amide bonds. The largest absolute Gasteiger partial charge is 0.359 e. The molecule has 0 aromatic rings. The molecule has 0 aromatic heterocycles. The lowest BCUT2D eigenvalue weighted by Gasteiger charge is -1.94. The number of nitrogens with one attached hydrogen (secondary N) is 1.